The molecule has 1 heterocycles. The predicted molar refractivity (Wildman–Crippen MR) is 68.7 cm³/mol. The molecule has 1 aromatic carbocycles. The normalized spacial score (nSPS) is 11.5. The highest BCUT2D eigenvalue weighted by Gasteiger charge is 2.35. The monoisotopic (exact) mass is 285 g/mol. The van der Waals surface area contributed by atoms with Crippen molar-refractivity contribution in [3.8, 4) is 0 Å². The third kappa shape index (κ3) is 3.11. The maximum absolute atomic E-state index is 12.7. The number of thiocarbonyl (C=S) groups is 1. The van der Waals surface area contributed by atoms with Crippen molar-refractivity contribution in [2.75, 3.05) is 0 Å². The molecule has 0 aliphatic carbocycles. The second-order valence-electron chi connectivity index (χ2n) is 3.94. The molecule has 0 spiro atoms. The number of rotatable bonds is 3. The number of imidazole rings is 1. The minimum Gasteiger partial charge on any atom is -0.389 e. The average molecular weight is 285 g/mol. The molecular weight excluding hydrogens is 275 g/mol. The van der Waals surface area contributed by atoms with Crippen LogP contribution in [0.3, 0.4) is 0 Å². The first-order valence-corrected chi connectivity index (χ1v) is 5.76. The van der Waals surface area contributed by atoms with Crippen molar-refractivity contribution in [1.82, 2.24) is 9.55 Å². The van der Waals surface area contributed by atoms with Crippen molar-refractivity contribution in [2.45, 2.75) is 12.7 Å². The molecule has 0 radical (unpaired) electrons. The van der Waals surface area contributed by atoms with E-state index in [1.54, 1.807) is 24.3 Å². The first-order chi connectivity index (χ1) is 8.88. The Morgan fingerprint density at radius 3 is 2.74 bits per heavy atom. The van der Waals surface area contributed by atoms with Crippen molar-refractivity contribution in [3.05, 3.63) is 53.6 Å². The number of aromatic nitrogens is 2. The summed E-state index contributed by atoms with van der Waals surface area (Å²) in [6.07, 6.45) is -2.05. The summed E-state index contributed by atoms with van der Waals surface area (Å²) in [5, 5.41) is 0. The summed E-state index contributed by atoms with van der Waals surface area (Å²) in [6, 6.07) is 6.79. The van der Waals surface area contributed by atoms with Crippen molar-refractivity contribution in [1.29, 1.82) is 0 Å². The van der Waals surface area contributed by atoms with Gasteiger partial charge in [0.1, 0.15) is 4.99 Å². The Bertz CT molecular complexity index is 604. The van der Waals surface area contributed by atoms with Gasteiger partial charge >= 0.3 is 6.18 Å². The lowest BCUT2D eigenvalue weighted by Crippen LogP contribution is -2.15. The van der Waals surface area contributed by atoms with Gasteiger partial charge in [-0.15, -0.1) is 0 Å². The predicted octanol–water partition coefficient (Wildman–Crippen LogP) is 2.58. The zero-order chi connectivity index (χ0) is 14.0. The van der Waals surface area contributed by atoms with E-state index in [4.69, 9.17) is 18.0 Å². The van der Waals surface area contributed by atoms with Crippen LogP contribution in [0.5, 0.6) is 0 Å². The molecule has 0 aliphatic rings. The fourth-order valence-electron chi connectivity index (χ4n) is 1.71. The third-order valence-corrected chi connectivity index (χ3v) is 2.77. The van der Waals surface area contributed by atoms with E-state index in [0.717, 1.165) is 10.8 Å². The smallest absolute Gasteiger partial charge is 0.389 e. The average Bonchev–Trinajstić information content (AvgIpc) is 2.77. The van der Waals surface area contributed by atoms with Gasteiger partial charge in [0, 0.05) is 24.5 Å². The van der Waals surface area contributed by atoms with Gasteiger partial charge in [0.15, 0.2) is 0 Å². The van der Waals surface area contributed by atoms with E-state index in [-0.39, 0.29) is 11.5 Å². The first kappa shape index (κ1) is 13.5. The van der Waals surface area contributed by atoms with E-state index >= 15 is 0 Å². The van der Waals surface area contributed by atoms with Gasteiger partial charge in [-0.1, -0.05) is 30.4 Å². The molecular formula is C12H10F3N3S. The van der Waals surface area contributed by atoms with Crippen LogP contribution in [0.4, 0.5) is 13.2 Å². The molecule has 0 aliphatic heterocycles. The maximum atomic E-state index is 12.7. The molecule has 0 unspecified atom stereocenters. The Kier molecular flexibility index (Phi) is 3.57. The first-order valence-electron chi connectivity index (χ1n) is 5.35. The number of nitrogens with two attached hydrogens (primary N) is 1. The van der Waals surface area contributed by atoms with Crippen molar-refractivity contribution in [2.24, 2.45) is 5.73 Å². The minimum absolute atomic E-state index is 0.0608. The van der Waals surface area contributed by atoms with E-state index < -0.39 is 12.0 Å². The highest BCUT2D eigenvalue weighted by atomic mass is 32.1. The number of hydrogen-bond donors (Lipinski definition) is 1. The Morgan fingerprint density at radius 1 is 1.37 bits per heavy atom. The van der Waals surface area contributed by atoms with Gasteiger partial charge in [0.2, 0.25) is 5.82 Å². The highest BCUT2D eigenvalue weighted by molar-refractivity contribution is 7.80. The molecule has 0 fully saturated rings. The van der Waals surface area contributed by atoms with Crippen LogP contribution >= 0.6 is 12.2 Å². The zero-order valence-corrected chi connectivity index (χ0v) is 10.5. The number of nitrogens with zero attached hydrogens (tertiary/aromatic N) is 2. The summed E-state index contributed by atoms with van der Waals surface area (Å²) < 4.78 is 39.0. The van der Waals surface area contributed by atoms with Crippen molar-refractivity contribution >= 4 is 17.2 Å². The van der Waals surface area contributed by atoms with Crippen molar-refractivity contribution < 1.29 is 13.2 Å². The van der Waals surface area contributed by atoms with Crippen LogP contribution in [0.15, 0.2) is 36.7 Å². The highest BCUT2D eigenvalue weighted by Crippen LogP contribution is 2.28. The van der Waals surface area contributed by atoms with Crippen LogP contribution in [0.1, 0.15) is 17.0 Å². The third-order valence-electron chi connectivity index (χ3n) is 2.53. The van der Waals surface area contributed by atoms with Crippen LogP contribution in [0, 0.1) is 0 Å². The Hall–Kier alpha value is -1.89. The lowest BCUT2D eigenvalue weighted by Gasteiger charge is -2.11. The van der Waals surface area contributed by atoms with Crippen LogP contribution in [0.25, 0.3) is 0 Å². The Labute approximate surface area is 112 Å². The lowest BCUT2D eigenvalue weighted by atomic mass is 10.1. The van der Waals surface area contributed by atoms with Crippen LogP contribution in [-0.2, 0) is 12.7 Å². The van der Waals surface area contributed by atoms with E-state index in [9.17, 15) is 13.2 Å². The van der Waals surface area contributed by atoms with Crippen LogP contribution < -0.4 is 5.73 Å². The van der Waals surface area contributed by atoms with Crippen LogP contribution in [-0.4, -0.2) is 14.5 Å². The number of benzene rings is 1. The summed E-state index contributed by atoms with van der Waals surface area (Å²) in [4.78, 5) is 3.54. The molecule has 0 amide bonds. The summed E-state index contributed by atoms with van der Waals surface area (Å²) in [7, 11) is 0. The molecule has 19 heavy (non-hydrogen) atoms. The SMILES string of the molecule is NC(=S)c1cccc(Cn2ccnc2C(F)(F)F)c1. The van der Waals surface area contributed by atoms with Gasteiger partial charge < -0.3 is 10.3 Å². The van der Waals surface area contributed by atoms with Gasteiger partial charge in [-0.3, -0.25) is 0 Å². The lowest BCUT2D eigenvalue weighted by molar-refractivity contribution is -0.147. The zero-order valence-electron chi connectivity index (χ0n) is 9.69. The largest absolute Gasteiger partial charge is 0.449 e. The van der Waals surface area contributed by atoms with Gasteiger partial charge in [-0.05, 0) is 11.6 Å². The van der Waals surface area contributed by atoms with E-state index in [1.165, 1.54) is 6.20 Å². The molecule has 0 saturated heterocycles. The summed E-state index contributed by atoms with van der Waals surface area (Å²) in [5.41, 5.74) is 6.79. The molecule has 2 N–H and O–H groups in total. The molecule has 1 aromatic heterocycles. The van der Waals surface area contributed by atoms with E-state index in [2.05, 4.69) is 4.98 Å². The maximum Gasteiger partial charge on any atom is 0.449 e. The van der Waals surface area contributed by atoms with Gasteiger partial charge in [0.25, 0.3) is 0 Å². The summed E-state index contributed by atoms with van der Waals surface area (Å²) in [6.45, 7) is 0.0608. The molecule has 7 heteroatoms. The fourth-order valence-corrected chi connectivity index (χ4v) is 1.84. The standard InChI is InChI=1S/C12H10F3N3S/c13-12(14,15)11-17-4-5-18(11)7-8-2-1-3-9(6-8)10(16)19/h1-6H,7H2,(H2,16,19). The molecule has 0 atom stereocenters. The summed E-state index contributed by atoms with van der Waals surface area (Å²) in [5.74, 6) is -0.923. The Morgan fingerprint density at radius 2 is 2.11 bits per heavy atom. The molecule has 100 valence electrons. The number of hydrogen-bond acceptors (Lipinski definition) is 2. The Balaban J connectivity index is 2.29. The quantitative estimate of drug-likeness (QED) is 0.882. The number of halogens is 3. The fraction of sp³-hybridized carbons (Fsp3) is 0.167. The topological polar surface area (TPSA) is 43.8 Å². The molecule has 2 rings (SSSR count). The summed E-state index contributed by atoms with van der Waals surface area (Å²) >= 11 is 4.83. The van der Waals surface area contributed by atoms with Gasteiger partial charge in [0.05, 0.1) is 0 Å². The van der Waals surface area contributed by atoms with Gasteiger partial charge in [-0.25, -0.2) is 4.98 Å². The second-order valence-corrected chi connectivity index (χ2v) is 4.38. The van der Waals surface area contributed by atoms with E-state index in [1.807, 2.05) is 0 Å². The van der Waals surface area contributed by atoms with E-state index in [0.29, 0.717) is 11.1 Å². The van der Waals surface area contributed by atoms with Crippen LogP contribution in [0.2, 0.25) is 0 Å². The second kappa shape index (κ2) is 5.00. The molecule has 0 saturated carbocycles. The van der Waals surface area contributed by atoms with Crippen molar-refractivity contribution in [3.63, 3.8) is 0 Å². The molecule has 0 bridgehead atoms. The minimum atomic E-state index is -4.47. The van der Waals surface area contributed by atoms with Gasteiger partial charge in [-0.2, -0.15) is 13.2 Å². The molecule has 3 nitrogen and oxygen atoms in total. The molecule has 2 aromatic rings. The number of alkyl halides is 3.